The van der Waals surface area contributed by atoms with Gasteiger partial charge in [-0.2, -0.15) is 0 Å². The van der Waals surface area contributed by atoms with Gasteiger partial charge in [0.2, 0.25) is 0 Å². The molecule has 0 aliphatic rings. The zero-order valence-electron chi connectivity index (χ0n) is 10.6. The minimum Gasteiger partial charge on any atom is -0.311 e. The Kier molecular flexibility index (Phi) is 4.75. The number of hydrogen-bond acceptors (Lipinski definition) is 3. The minimum atomic E-state index is 0.241. The largest absolute Gasteiger partial charge is 0.311 e. The number of aryl methyl sites for hydroxylation is 1. The molecule has 0 fully saturated rings. The Bertz CT molecular complexity index is 493. The number of pyridine rings is 1. The van der Waals surface area contributed by atoms with Gasteiger partial charge in [-0.3, -0.25) is 4.98 Å². The lowest BCUT2D eigenvalue weighted by Gasteiger charge is -2.14. The van der Waals surface area contributed by atoms with Crippen molar-refractivity contribution in [3.05, 3.63) is 50.9 Å². The summed E-state index contributed by atoms with van der Waals surface area (Å²) in [6.45, 7) is 2.19. The van der Waals surface area contributed by atoms with Crippen LogP contribution in [0.3, 0.4) is 0 Å². The van der Waals surface area contributed by atoms with Gasteiger partial charge < -0.3 is 5.32 Å². The molecule has 1 unspecified atom stereocenters. The van der Waals surface area contributed by atoms with Crippen molar-refractivity contribution in [2.75, 3.05) is 7.05 Å². The topological polar surface area (TPSA) is 24.9 Å². The molecule has 0 aromatic carbocycles. The Hall–Kier alpha value is -0.900. The van der Waals surface area contributed by atoms with E-state index < -0.39 is 0 Å². The predicted molar refractivity (Wildman–Crippen MR) is 78.4 cm³/mol. The summed E-state index contributed by atoms with van der Waals surface area (Å²) in [4.78, 5) is 7.21. The second kappa shape index (κ2) is 6.32. The summed E-state index contributed by atoms with van der Waals surface area (Å²) in [7, 11) is 1.97. The van der Waals surface area contributed by atoms with Gasteiger partial charge in [0.15, 0.2) is 0 Å². The second-order valence-corrected chi connectivity index (χ2v) is 5.86. The van der Waals surface area contributed by atoms with Gasteiger partial charge in [-0.25, -0.2) is 0 Å². The number of aromatic nitrogens is 1. The van der Waals surface area contributed by atoms with Crippen molar-refractivity contribution in [2.24, 2.45) is 0 Å². The van der Waals surface area contributed by atoms with Gasteiger partial charge in [0, 0.05) is 22.4 Å². The van der Waals surface area contributed by atoms with Gasteiger partial charge in [0.25, 0.3) is 0 Å². The highest BCUT2D eigenvalue weighted by Crippen LogP contribution is 2.23. The van der Waals surface area contributed by atoms with E-state index in [9.17, 15) is 0 Å². The second-order valence-electron chi connectivity index (χ2n) is 4.17. The van der Waals surface area contributed by atoms with Crippen LogP contribution in [0.1, 0.15) is 28.4 Å². The van der Waals surface area contributed by atoms with Gasteiger partial charge in [-0.15, -0.1) is 11.3 Å². The van der Waals surface area contributed by atoms with E-state index in [1.165, 1.54) is 9.75 Å². The summed E-state index contributed by atoms with van der Waals surface area (Å²) < 4.78 is 0. The average molecular weight is 281 g/mol. The van der Waals surface area contributed by atoms with Gasteiger partial charge in [-0.05, 0) is 37.7 Å². The SMILES string of the molecule is CCc1ccc(CC(NC)c2ccc(Cl)cn2)s1. The third kappa shape index (κ3) is 3.31. The molecule has 0 spiro atoms. The third-order valence-corrected chi connectivity index (χ3v) is 4.40. The number of thiophene rings is 1. The van der Waals surface area contributed by atoms with Crippen LogP contribution < -0.4 is 5.32 Å². The van der Waals surface area contributed by atoms with Crippen LogP contribution in [0, 0.1) is 0 Å². The first-order chi connectivity index (χ1) is 8.72. The van der Waals surface area contributed by atoms with Gasteiger partial charge in [-0.1, -0.05) is 18.5 Å². The molecule has 0 aliphatic carbocycles. The molecule has 0 bridgehead atoms. The van der Waals surface area contributed by atoms with Crippen molar-refractivity contribution in [2.45, 2.75) is 25.8 Å². The Morgan fingerprint density at radius 2 is 2.06 bits per heavy atom. The fourth-order valence-corrected chi connectivity index (χ4v) is 2.99. The van der Waals surface area contributed by atoms with E-state index in [4.69, 9.17) is 11.6 Å². The van der Waals surface area contributed by atoms with Crippen LogP contribution in [-0.2, 0) is 12.8 Å². The van der Waals surface area contributed by atoms with Crippen LogP contribution in [0.4, 0.5) is 0 Å². The summed E-state index contributed by atoms with van der Waals surface area (Å²) in [5.74, 6) is 0. The van der Waals surface area contributed by atoms with Gasteiger partial charge in [0.05, 0.1) is 16.8 Å². The van der Waals surface area contributed by atoms with Crippen LogP contribution >= 0.6 is 22.9 Å². The summed E-state index contributed by atoms with van der Waals surface area (Å²) in [6.07, 6.45) is 3.77. The molecule has 96 valence electrons. The minimum absolute atomic E-state index is 0.241. The molecule has 0 radical (unpaired) electrons. The standard InChI is InChI=1S/C14H17ClN2S/c1-3-11-5-6-12(18-11)8-14(16-2)13-7-4-10(15)9-17-13/h4-7,9,14,16H,3,8H2,1-2H3. The molecule has 4 heteroatoms. The maximum absolute atomic E-state index is 5.86. The lowest BCUT2D eigenvalue weighted by Crippen LogP contribution is -2.19. The Balaban J connectivity index is 2.11. The van der Waals surface area contributed by atoms with Crippen LogP contribution in [0.2, 0.25) is 5.02 Å². The molecule has 2 rings (SSSR count). The van der Waals surface area contributed by atoms with Crippen LogP contribution in [-0.4, -0.2) is 12.0 Å². The molecule has 0 amide bonds. The quantitative estimate of drug-likeness (QED) is 0.899. The van der Waals surface area contributed by atoms with E-state index in [-0.39, 0.29) is 6.04 Å². The van der Waals surface area contributed by atoms with E-state index in [0.717, 1.165) is 18.5 Å². The molecular formula is C14H17ClN2S. The molecule has 2 aromatic heterocycles. The van der Waals surface area contributed by atoms with E-state index in [1.807, 2.05) is 30.5 Å². The van der Waals surface area contributed by atoms with Gasteiger partial charge in [0.1, 0.15) is 0 Å². The first-order valence-corrected chi connectivity index (χ1v) is 7.28. The van der Waals surface area contributed by atoms with Crippen LogP contribution in [0.5, 0.6) is 0 Å². The summed E-state index contributed by atoms with van der Waals surface area (Å²) in [5.41, 5.74) is 1.04. The van der Waals surface area contributed by atoms with Crippen molar-refractivity contribution < 1.29 is 0 Å². The highest BCUT2D eigenvalue weighted by Gasteiger charge is 2.12. The number of hydrogen-bond donors (Lipinski definition) is 1. The molecule has 1 atom stereocenters. The molecule has 0 saturated carbocycles. The predicted octanol–water partition coefficient (Wildman–Crippen LogP) is 3.86. The van der Waals surface area contributed by atoms with Crippen LogP contribution in [0.25, 0.3) is 0 Å². The molecule has 2 heterocycles. The summed E-state index contributed by atoms with van der Waals surface area (Å²) in [5, 5.41) is 3.99. The van der Waals surface area contributed by atoms with E-state index in [2.05, 4.69) is 29.4 Å². The third-order valence-electron chi connectivity index (χ3n) is 2.93. The van der Waals surface area contributed by atoms with E-state index in [0.29, 0.717) is 5.02 Å². The monoisotopic (exact) mass is 280 g/mol. The first kappa shape index (κ1) is 13.5. The number of nitrogens with zero attached hydrogens (tertiary/aromatic N) is 1. The summed E-state index contributed by atoms with van der Waals surface area (Å²) >= 11 is 7.74. The molecule has 18 heavy (non-hydrogen) atoms. The van der Waals surface area contributed by atoms with E-state index >= 15 is 0 Å². The number of nitrogens with one attached hydrogen (secondary N) is 1. The fourth-order valence-electron chi connectivity index (χ4n) is 1.87. The Morgan fingerprint density at radius 1 is 1.28 bits per heavy atom. The average Bonchev–Trinajstić information content (AvgIpc) is 2.85. The van der Waals surface area contributed by atoms with Crippen molar-refractivity contribution >= 4 is 22.9 Å². The number of likely N-dealkylation sites (N-methyl/N-ethyl adjacent to an activating group) is 1. The van der Waals surface area contributed by atoms with Crippen molar-refractivity contribution in [3.8, 4) is 0 Å². The van der Waals surface area contributed by atoms with Crippen molar-refractivity contribution in [1.29, 1.82) is 0 Å². The molecule has 0 aliphatic heterocycles. The Morgan fingerprint density at radius 3 is 2.61 bits per heavy atom. The highest BCUT2D eigenvalue weighted by molar-refractivity contribution is 7.11. The highest BCUT2D eigenvalue weighted by atomic mass is 35.5. The maximum atomic E-state index is 5.86. The van der Waals surface area contributed by atoms with Gasteiger partial charge >= 0.3 is 0 Å². The lowest BCUT2D eigenvalue weighted by atomic mass is 10.1. The maximum Gasteiger partial charge on any atom is 0.0589 e. The lowest BCUT2D eigenvalue weighted by molar-refractivity contribution is 0.580. The molecule has 2 nitrogen and oxygen atoms in total. The number of rotatable bonds is 5. The van der Waals surface area contributed by atoms with E-state index in [1.54, 1.807) is 6.20 Å². The zero-order chi connectivity index (χ0) is 13.0. The molecule has 1 N–H and O–H groups in total. The van der Waals surface area contributed by atoms with Crippen LogP contribution in [0.15, 0.2) is 30.5 Å². The molecule has 0 saturated heterocycles. The normalized spacial score (nSPS) is 12.6. The molecular weight excluding hydrogens is 264 g/mol. The van der Waals surface area contributed by atoms with Crippen molar-refractivity contribution in [3.63, 3.8) is 0 Å². The zero-order valence-corrected chi connectivity index (χ0v) is 12.2. The van der Waals surface area contributed by atoms with Crippen molar-refractivity contribution in [1.82, 2.24) is 10.3 Å². The number of halogens is 1. The summed E-state index contributed by atoms with van der Waals surface area (Å²) in [6, 6.07) is 8.54. The molecule has 2 aromatic rings. The first-order valence-electron chi connectivity index (χ1n) is 6.09. The Labute approximate surface area is 117 Å². The fraction of sp³-hybridized carbons (Fsp3) is 0.357. The smallest absolute Gasteiger partial charge is 0.0589 e.